The molecule has 2 fully saturated rings. The lowest BCUT2D eigenvalue weighted by Crippen LogP contribution is -2.56. The van der Waals surface area contributed by atoms with Crippen LogP contribution in [-0.4, -0.2) is 82.0 Å². The largest absolute Gasteiger partial charge is 0.344 e. The summed E-state index contributed by atoms with van der Waals surface area (Å²) in [7, 11) is 0. The fourth-order valence-corrected chi connectivity index (χ4v) is 7.22. The lowest BCUT2D eigenvalue weighted by atomic mass is 9.82. The molecule has 5 rings (SSSR count). The van der Waals surface area contributed by atoms with Crippen molar-refractivity contribution < 1.29 is 23.6 Å². The number of aryl methyl sites for hydroxylation is 1. The van der Waals surface area contributed by atoms with Gasteiger partial charge in [-0.1, -0.05) is 69.5 Å². The minimum atomic E-state index is -0.886. The Morgan fingerprint density at radius 2 is 1.72 bits per heavy atom. The van der Waals surface area contributed by atoms with Gasteiger partial charge in [0.2, 0.25) is 24.1 Å². The molecule has 4 amide bonds. The van der Waals surface area contributed by atoms with Crippen molar-refractivity contribution in [3.63, 3.8) is 0 Å². The molecule has 0 radical (unpaired) electrons. The molecule has 1 aliphatic heterocycles. The molecule has 50 heavy (non-hydrogen) atoms. The maximum atomic E-state index is 15.8. The number of amides is 4. The number of aromatic nitrogens is 2. The average molecular weight is 688 g/mol. The number of carbonyl (C=O) groups excluding carboxylic acids is 4. The number of halogens is 1. The molecular weight excluding hydrogens is 637 g/mol. The Balaban J connectivity index is 1.30. The molecule has 1 aliphatic carbocycles. The SMILES string of the molecule is CCC(=O)N[C@@H](C(=O)N1CCN(Cc2ccccc2)CC1)[C@@H](C)c1ccc(NC(=O)[C@H](C2CCCCC2)N(C=O)c2ccnn2CC)c(F)c1. The summed E-state index contributed by atoms with van der Waals surface area (Å²) >= 11 is 0. The Morgan fingerprint density at radius 3 is 2.36 bits per heavy atom. The molecule has 1 saturated heterocycles. The van der Waals surface area contributed by atoms with Gasteiger partial charge >= 0.3 is 0 Å². The molecule has 3 atom stereocenters. The topological polar surface area (TPSA) is 120 Å². The lowest BCUT2D eigenvalue weighted by Gasteiger charge is -2.37. The van der Waals surface area contributed by atoms with E-state index in [4.69, 9.17) is 0 Å². The van der Waals surface area contributed by atoms with Gasteiger partial charge in [-0.05, 0) is 48.9 Å². The molecular formula is C38H50FN7O4. The number of anilines is 2. The standard InChI is InChI=1S/C38H50FN7O4/c1-4-33(48)42-35(38(50)44-22-20-43(21-23-44)25-28-12-8-6-9-13-28)27(3)30-16-17-32(31(39)24-30)41-37(49)36(29-14-10-7-11-15-29)45(26-47)34-18-19-40-46(34)5-2/h6,8-9,12-13,16-19,24,26-27,29,35-36H,4-5,7,10-11,14-15,20-23,25H2,1-3H3,(H,41,49)(H,42,48)/t27-,35+,36-/m0/s1. The molecule has 1 saturated carbocycles. The van der Waals surface area contributed by atoms with Crippen molar-refractivity contribution >= 4 is 35.6 Å². The molecule has 11 nitrogen and oxygen atoms in total. The van der Waals surface area contributed by atoms with Gasteiger partial charge in [0.05, 0.1) is 11.9 Å². The zero-order valence-corrected chi connectivity index (χ0v) is 29.4. The molecule has 268 valence electrons. The normalized spacial score (nSPS) is 17.4. The van der Waals surface area contributed by atoms with E-state index < -0.39 is 29.7 Å². The molecule has 12 heteroatoms. The van der Waals surface area contributed by atoms with Crippen molar-refractivity contribution in [2.45, 2.75) is 90.4 Å². The van der Waals surface area contributed by atoms with E-state index in [1.165, 1.54) is 22.6 Å². The van der Waals surface area contributed by atoms with Crippen LogP contribution in [0.25, 0.3) is 0 Å². The summed E-state index contributed by atoms with van der Waals surface area (Å²) in [6.07, 6.45) is 7.00. The van der Waals surface area contributed by atoms with Crippen molar-refractivity contribution in [1.29, 1.82) is 0 Å². The van der Waals surface area contributed by atoms with Crippen LogP contribution in [0.3, 0.4) is 0 Å². The quantitative estimate of drug-likeness (QED) is 0.232. The number of rotatable bonds is 14. The third-order valence-corrected chi connectivity index (χ3v) is 10.1. The van der Waals surface area contributed by atoms with Crippen LogP contribution in [0.2, 0.25) is 0 Å². The van der Waals surface area contributed by atoms with Gasteiger partial charge < -0.3 is 15.5 Å². The summed E-state index contributed by atoms with van der Waals surface area (Å²) < 4.78 is 17.5. The van der Waals surface area contributed by atoms with Crippen LogP contribution in [-0.2, 0) is 32.3 Å². The number of hydrogen-bond donors (Lipinski definition) is 2. The van der Waals surface area contributed by atoms with Gasteiger partial charge in [0.15, 0.2) is 0 Å². The van der Waals surface area contributed by atoms with Gasteiger partial charge in [-0.25, -0.2) is 9.07 Å². The second kappa shape index (κ2) is 17.4. The van der Waals surface area contributed by atoms with Crippen molar-refractivity contribution in [2.24, 2.45) is 5.92 Å². The summed E-state index contributed by atoms with van der Waals surface area (Å²) in [6, 6.07) is 14.7. The van der Waals surface area contributed by atoms with E-state index in [9.17, 15) is 19.2 Å². The van der Waals surface area contributed by atoms with Gasteiger partial charge in [-0.3, -0.25) is 29.0 Å². The summed E-state index contributed by atoms with van der Waals surface area (Å²) in [5.41, 5.74) is 1.71. The van der Waals surface area contributed by atoms with Crippen LogP contribution in [0.5, 0.6) is 0 Å². The molecule has 3 aromatic rings. The number of carbonyl (C=O) groups is 4. The van der Waals surface area contributed by atoms with E-state index in [1.807, 2.05) is 25.1 Å². The van der Waals surface area contributed by atoms with E-state index in [1.54, 1.807) is 41.8 Å². The van der Waals surface area contributed by atoms with Crippen LogP contribution in [0.15, 0.2) is 60.8 Å². The van der Waals surface area contributed by atoms with Crippen LogP contribution in [0.1, 0.15) is 76.3 Å². The summed E-state index contributed by atoms with van der Waals surface area (Å²) in [5, 5.41) is 9.93. The average Bonchev–Trinajstić information content (AvgIpc) is 3.62. The van der Waals surface area contributed by atoms with Crippen molar-refractivity contribution in [3.8, 4) is 0 Å². The van der Waals surface area contributed by atoms with Crippen LogP contribution in [0, 0.1) is 11.7 Å². The van der Waals surface area contributed by atoms with E-state index in [-0.39, 0.29) is 29.8 Å². The highest BCUT2D eigenvalue weighted by Crippen LogP contribution is 2.33. The van der Waals surface area contributed by atoms with Crippen LogP contribution < -0.4 is 15.5 Å². The molecule has 2 aromatic carbocycles. The molecule has 2 heterocycles. The Morgan fingerprint density at radius 1 is 1.00 bits per heavy atom. The molecule has 0 unspecified atom stereocenters. The second-order valence-corrected chi connectivity index (χ2v) is 13.4. The first-order valence-corrected chi connectivity index (χ1v) is 17.9. The first-order valence-electron chi connectivity index (χ1n) is 17.9. The van der Waals surface area contributed by atoms with Gasteiger partial charge in [0, 0.05) is 57.7 Å². The van der Waals surface area contributed by atoms with E-state index in [0.717, 1.165) is 38.6 Å². The van der Waals surface area contributed by atoms with Crippen LogP contribution in [0.4, 0.5) is 15.9 Å². The van der Waals surface area contributed by atoms with Crippen molar-refractivity contribution in [1.82, 2.24) is 24.9 Å². The fourth-order valence-electron chi connectivity index (χ4n) is 7.22. The van der Waals surface area contributed by atoms with Gasteiger partial charge in [0.1, 0.15) is 23.7 Å². The number of nitrogens with one attached hydrogen (secondary N) is 2. The van der Waals surface area contributed by atoms with Crippen molar-refractivity contribution in [2.75, 3.05) is 36.4 Å². The van der Waals surface area contributed by atoms with Crippen LogP contribution >= 0.6 is 0 Å². The number of nitrogens with zero attached hydrogens (tertiary/aromatic N) is 5. The third-order valence-electron chi connectivity index (χ3n) is 10.1. The highest BCUT2D eigenvalue weighted by Gasteiger charge is 2.37. The first kappa shape index (κ1) is 36.7. The monoisotopic (exact) mass is 687 g/mol. The smallest absolute Gasteiger partial charge is 0.247 e. The second-order valence-electron chi connectivity index (χ2n) is 13.4. The Kier molecular flexibility index (Phi) is 12.8. The first-order chi connectivity index (χ1) is 24.2. The molecule has 0 spiro atoms. The minimum Gasteiger partial charge on any atom is -0.344 e. The predicted octanol–water partition coefficient (Wildman–Crippen LogP) is 4.94. The Bertz CT molecular complexity index is 1600. The fraction of sp³-hybridized carbons (Fsp3) is 0.500. The lowest BCUT2D eigenvalue weighted by molar-refractivity contribution is -0.138. The summed E-state index contributed by atoms with van der Waals surface area (Å²) in [4.78, 5) is 58.4. The maximum absolute atomic E-state index is 15.8. The highest BCUT2D eigenvalue weighted by atomic mass is 19.1. The minimum absolute atomic E-state index is 0.0170. The van der Waals surface area contributed by atoms with E-state index in [0.29, 0.717) is 50.5 Å². The molecule has 2 aliphatic rings. The maximum Gasteiger partial charge on any atom is 0.247 e. The number of piperazine rings is 1. The van der Waals surface area contributed by atoms with Gasteiger partial charge in [0.25, 0.3) is 0 Å². The zero-order valence-electron chi connectivity index (χ0n) is 29.4. The Labute approximate surface area is 294 Å². The molecule has 0 bridgehead atoms. The number of hydrogen-bond acceptors (Lipinski definition) is 6. The van der Waals surface area contributed by atoms with E-state index in [2.05, 4.69) is 32.8 Å². The molecule has 2 N–H and O–H groups in total. The van der Waals surface area contributed by atoms with Gasteiger partial charge in [-0.15, -0.1) is 0 Å². The molecule has 1 aromatic heterocycles. The third kappa shape index (κ3) is 8.76. The summed E-state index contributed by atoms with van der Waals surface area (Å²) in [5.74, 6) is -1.72. The van der Waals surface area contributed by atoms with Gasteiger partial charge in [-0.2, -0.15) is 5.10 Å². The van der Waals surface area contributed by atoms with Crippen molar-refractivity contribution in [3.05, 3.63) is 77.7 Å². The zero-order chi connectivity index (χ0) is 35.6. The summed E-state index contributed by atoms with van der Waals surface area (Å²) in [6.45, 7) is 9.21. The van der Waals surface area contributed by atoms with E-state index >= 15 is 4.39 Å². The highest BCUT2D eigenvalue weighted by molar-refractivity contribution is 6.00. The Hall–Kier alpha value is -4.58. The number of benzene rings is 2. The predicted molar refractivity (Wildman–Crippen MR) is 191 cm³/mol.